The second-order valence-electron chi connectivity index (χ2n) is 4.36. The summed E-state index contributed by atoms with van der Waals surface area (Å²) in [6.45, 7) is 3.76. The lowest BCUT2D eigenvalue weighted by Crippen LogP contribution is -2.41. The predicted molar refractivity (Wildman–Crippen MR) is 63.8 cm³/mol. The molecule has 0 aromatic heterocycles. The van der Waals surface area contributed by atoms with Crippen LogP contribution in [0, 0.1) is 17.6 Å². The molecular formula is C13H17F2NO2. The zero-order chi connectivity index (χ0) is 13.7. The molecule has 18 heavy (non-hydrogen) atoms. The van der Waals surface area contributed by atoms with Gasteiger partial charge in [-0.3, -0.25) is 10.1 Å². The molecule has 0 heterocycles. The zero-order valence-electron chi connectivity index (χ0n) is 10.7. The van der Waals surface area contributed by atoms with Gasteiger partial charge in [-0.15, -0.1) is 0 Å². The Kier molecular flexibility index (Phi) is 5.22. The molecule has 0 aliphatic rings. The molecule has 100 valence electrons. The molecule has 0 unspecified atom stereocenters. The van der Waals surface area contributed by atoms with E-state index in [1.165, 1.54) is 7.11 Å². The quantitative estimate of drug-likeness (QED) is 0.822. The van der Waals surface area contributed by atoms with Crippen molar-refractivity contribution in [1.29, 1.82) is 0 Å². The molecule has 0 amide bonds. The average molecular weight is 257 g/mol. The molecule has 0 aliphatic heterocycles. The first-order valence-electron chi connectivity index (χ1n) is 5.70. The molecule has 0 radical (unpaired) electrons. The fourth-order valence-corrected chi connectivity index (χ4v) is 1.62. The number of carbonyl (C=O) groups is 1. The molecule has 1 atom stereocenters. The Bertz CT molecular complexity index is 421. The lowest BCUT2D eigenvalue weighted by molar-refractivity contribution is -0.144. The summed E-state index contributed by atoms with van der Waals surface area (Å²) in [4.78, 5) is 11.5. The van der Waals surface area contributed by atoms with E-state index in [1.807, 2.05) is 13.8 Å². The van der Waals surface area contributed by atoms with Gasteiger partial charge in [-0.25, -0.2) is 8.78 Å². The topological polar surface area (TPSA) is 38.3 Å². The molecule has 0 aliphatic carbocycles. The van der Waals surface area contributed by atoms with Crippen molar-refractivity contribution in [2.75, 3.05) is 7.11 Å². The highest BCUT2D eigenvalue weighted by Gasteiger charge is 2.22. The number of esters is 1. The molecule has 0 saturated carbocycles. The van der Waals surface area contributed by atoms with E-state index in [9.17, 15) is 13.6 Å². The lowest BCUT2D eigenvalue weighted by atomic mass is 10.0. The summed E-state index contributed by atoms with van der Waals surface area (Å²) in [6, 6.07) is 2.68. The van der Waals surface area contributed by atoms with E-state index in [1.54, 1.807) is 0 Å². The molecule has 1 N–H and O–H groups in total. The van der Waals surface area contributed by atoms with Crippen LogP contribution in [0.4, 0.5) is 8.78 Å². The monoisotopic (exact) mass is 257 g/mol. The molecule has 3 nitrogen and oxygen atoms in total. The van der Waals surface area contributed by atoms with Crippen LogP contribution in [-0.2, 0) is 16.1 Å². The van der Waals surface area contributed by atoms with Crippen molar-refractivity contribution >= 4 is 5.97 Å². The molecule has 5 heteroatoms. The maximum absolute atomic E-state index is 13.4. The molecular weight excluding hydrogens is 240 g/mol. The normalized spacial score (nSPS) is 12.6. The highest BCUT2D eigenvalue weighted by atomic mass is 19.1. The van der Waals surface area contributed by atoms with E-state index in [0.29, 0.717) is 0 Å². The fourth-order valence-electron chi connectivity index (χ4n) is 1.62. The second kappa shape index (κ2) is 6.44. The van der Waals surface area contributed by atoms with Crippen LogP contribution in [0.1, 0.15) is 19.4 Å². The Labute approximate surface area is 105 Å². The molecule has 0 bridgehead atoms. The van der Waals surface area contributed by atoms with Crippen LogP contribution in [-0.4, -0.2) is 19.1 Å². The van der Waals surface area contributed by atoms with Gasteiger partial charge in [0.15, 0.2) is 0 Å². The largest absolute Gasteiger partial charge is 0.468 e. The summed E-state index contributed by atoms with van der Waals surface area (Å²) in [7, 11) is 1.29. The second-order valence-corrected chi connectivity index (χ2v) is 4.36. The van der Waals surface area contributed by atoms with Crippen LogP contribution in [0.3, 0.4) is 0 Å². The first-order chi connectivity index (χ1) is 8.45. The van der Waals surface area contributed by atoms with Crippen LogP contribution in [0.25, 0.3) is 0 Å². The van der Waals surface area contributed by atoms with Gasteiger partial charge < -0.3 is 4.74 Å². The van der Waals surface area contributed by atoms with Crippen molar-refractivity contribution < 1.29 is 18.3 Å². The number of carbonyl (C=O) groups excluding carboxylic acids is 1. The molecule has 1 aromatic carbocycles. The van der Waals surface area contributed by atoms with Crippen LogP contribution in [0.5, 0.6) is 0 Å². The van der Waals surface area contributed by atoms with Crippen LogP contribution in [0.15, 0.2) is 18.2 Å². The van der Waals surface area contributed by atoms with Crippen LogP contribution in [0.2, 0.25) is 0 Å². The third-order valence-electron chi connectivity index (χ3n) is 2.64. The number of methoxy groups -OCH3 is 1. The third-order valence-corrected chi connectivity index (χ3v) is 2.64. The van der Waals surface area contributed by atoms with Gasteiger partial charge >= 0.3 is 5.97 Å². The van der Waals surface area contributed by atoms with Crippen molar-refractivity contribution in [1.82, 2.24) is 5.32 Å². The Morgan fingerprint density at radius 1 is 1.39 bits per heavy atom. The first-order valence-corrected chi connectivity index (χ1v) is 5.70. The predicted octanol–water partition coefficient (Wildman–Crippen LogP) is 2.25. The number of halogens is 2. The molecule has 1 aromatic rings. The van der Waals surface area contributed by atoms with E-state index in [-0.39, 0.29) is 18.0 Å². The summed E-state index contributed by atoms with van der Waals surface area (Å²) in [5, 5.41) is 2.87. The number of hydrogen-bond acceptors (Lipinski definition) is 3. The molecule has 0 fully saturated rings. The summed E-state index contributed by atoms with van der Waals surface area (Å²) >= 11 is 0. The number of hydrogen-bond donors (Lipinski definition) is 1. The van der Waals surface area contributed by atoms with Crippen LogP contribution < -0.4 is 5.32 Å². The number of nitrogens with one attached hydrogen (secondary N) is 1. The van der Waals surface area contributed by atoms with Crippen LogP contribution >= 0.6 is 0 Å². The smallest absolute Gasteiger partial charge is 0.323 e. The zero-order valence-corrected chi connectivity index (χ0v) is 10.7. The number of ether oxygens (including phenoxy) is 1. The van der Waals surface area contributed by atoms with Gasteiger partial charge in [0.1, 0.15) is 17.7 Å². The standard InChI is InChI=1S/C13H17F2NO2/c1-8(2)12(13(17)18-3)16-7-9-6-10(14)4-5-11(9)15/h4-6,8,12,16H,7H2,1-3H3/t12-/m1/s1. The van der Waals surface area contributed by atoms with Crippen molar-refractivity contribution in [2.24, 2.45) is 5.92 Å². The van der Waals surface area contributed by atoms with Gasteiger partial charge in [0.05, 0.1) is 7.11 Å². The van der Waals surface area contributed by atoms with E-state index >= 15 is 0 Å². The molecule has 0 spiro atoms. The number of rotatable bonds is 5. The Morgan fingerprint density at radius 2 is 2.06 bits per heavy atom. The van der Waals surface area contributed by atoms with Gasteiger partial charge in [-0.2, -0.15) is 0 Å². The minimum atomic E-state index is -0.544. The summed E-state index contributed by atoms with van der Waals surface area (Å²) in [5.41, 5.74) is 0.185. The van der Waals surface area contributed by atoms with E-state index in [0.717, 1.165) is 18.2 Å². The van der Waals surface area contributed by atoms with E-state index in [4.69, 9.17) is 0 Å². The van der Waals surface area contributed by atoms with Gasteiger partial charge in [0, 0.05) is 12.1 Å². The van der Waals surface area contributed by atoms with E-state index < -0.39 is 23.6 Å². The number of benzene rings is 1. The highest BCUT2D eigenvalue weighted by molar-refractivity contribution is 5.75. The maximum Gasteiger partial charge on any atom is 0.323 e. The minimum Gasteiger partial charge on any atom is -0.468 e. The highest BCUT2D eigenvalue weighted by Crippen LogP contribution is 2.11. The maximum atomic E-state index is 13.4. The van der Waals surface area contributed by atoms with Gasteiger partial charge in [-0.05, 0) is 24.1 Å². The van der Waals surface area contributed by atoms with Crippen molar-refractivity contribution in [2.45, 2.75) is 26.4 Å². The van der Waals surface area contributed by atoms with Crippen molar-refractivity contribution in [3.63, 3.8) is 0 Å². The molecule has 0 saturated heterocycles. The minimum absolute atomic E-state index is 0.00549. The summed E-state index contributed by atoms with van der Waals surface area (Å²) in [5.74, 6) is -1.43. The van der Waals surface area contributed by atoms with Crippen molar-refractivity contribution in [3.05, 3.63) is 35.4 Å². The van der Waals surface area contributed by atoms with E-state index in [2.05, 4.69) is 10.1 Å². The average Bonchev–Trinajstić information content (AvgIpc) is 2.32. The Morgan fingerprint density at radius 3 is 2.61 bits per heavy atom. The fraction of sp³-hybridized carbons (Fsp3) is 0.462. The SMILES string of the molecule is COC(=O)[C@H](NCc1cc(F)ccc1F)C(C)C. The molecule has 1 rings (SSSR count). The summed E-state index contributed by atoms with van der Waals surface area (Å²) in [6.07, 6.45) is 0. The summed E-state index contributed by atoms with van der Waals surface area (Å²) < 4.78 is 31.0. The third kappa shape index (κ3) is 3.77. The first kappa shape index (κ1) is 14.6. The van der Waals surface area contributed by atoms with Gasteiger partial charge in [0.2, 0.25) is 0 Å². The van der Waals surface area contributed by atoms with Gasteiger partial charge in [-0.1, -0.05) is 13.8 Å². The van der Waals surface area contributed by atoms with Crippen molar-refractivity contribution in [3.8, 4) is 0 Å². The lowest BCUT2D eigenvalue weighted by Gasteiger charge is -2.20. The van der Waals surface area contributed by atoms with Gasteiger partial charge in [0.25, 0.3) is 0 Å². The Hall–Kier alpha value is -1.49. The Balaban J connectivity index is 2.73.